The van der Waals surface area contributed by atoms with Gasteiger partial charge in [0.05, 0.1) is 0 Å². The molecule has 2 fully saturated rings. The molecule has 4 aliphatic carbocycles. The highest BCUT2D eigenvalue weighted by molar-refractivity contribution is 5.66. The predicted octanol–water partition coefficient (Wildman–Crippen LogP) is 8.84. The van der Waals surface area contributed by atoms with E-state index in [9.17, 15) is 9.59 Å². The van der Waals surface area contributed by atoms with Gasteiger partial charge in [0.15, 0.2) is 0 Å². The van der Waals surface area contributed by atoms with E-state index in [0.717, 1.165) is 25.7 Å². The monoisotopic (exact) mass is 540 g/mol. The van der Waals surface area contributed by atoms with Crippen LogP contribution in [0.5, 0.6) is 0 Å². The maximum absolute atomic E-state index is 12.2. The first-order valence-electron chi connectivity index (χ1n) is 15.7. The van der Waals surface area contributed by atoms with E-state index in [0.29, 0.717) is 23.7 Å². The third kappa shape index (κ3) is 4.84. The Morgan fingerprint density at radius 3 is 2.15 bits per heavy atom. The van der Waals surface area contributed by atoms with Crippen molar-refractivity contribution in [1.82, 2.24) is 0 Å². The zero-order valence-corrected chi connectivity index (χ0v) is 26.7. The van der Waals surface area contributed by atoms with E-state index in [1.807, 2.05) is 0 Å². The number of carbonyl (C=O) groups excluding carboxylic acids is 2. The van der Waals surface area contributed by atoms with Crippen LogP contribution < -0.4 is 0 Å². The van der Waals surface area contributed by atoms with Crippen molar-refractivity contribution in [3.63, 3.8) is 0 Å². The molecule has 0 N–H and O–H groups in total. The molecular formula is C35H56O4. The van der Waals surface area contributed by atoms with Crippen LogP contribution in [-0.4, -0.2) is 24.1 Å². The van der Waals surface area contributed by atoms with Crippen LogP contribution in [0.1, 0.15) is 127 Å². The van der Waals surface area contributed by atoms with Gasteiger partial charge in [0.1, 0.15) is 12.2 Å². The second kappa shape index (κ2) is 10.4. The second-order valence-corrected chi connectivity index (χ2v) is 15.3. The molecule has 4 heteroatoms. The van der Waals surface area contributed by atoms with Gasteiger partial charge in [0, 0.05) is 25.7 Å². The third-order valence-electron chi connectivity index (χ3n) is 12.9. The molecule has 39 heavy (non-hydrogen) atoms. The van der Waals surface area contributed by atoms with Crippen molar-refractivity contribution in [2.75, 3.05) is 0 Å². The van der Waals surface area contributed by atoms with Crippen LogP contribution in [0.15, 0.2) is 23.3 Å². The fraction of sp³-hybridized carbons (Fsp3) is 0.829. The maximum Gasteiger partial charge on any atom is 0.302 e. The van der Waals surface area contributed by atoms with E-state index >= 15 is 0 Å². The number of ether oxygens (including phenoxy) is 2. The number of allylic oxidation sites excluding steroid dienone is 2. The van der Waals surface area contributed by atoms with Gasteiger partial charge < -0.3 is 9.47 Å². The van der Waals surface area contributed by atoms with Gasteiger partial charge >= 0.3 is 11.9 Å². The summed E-state index contributed by atoms with van der Waals surface area (Å²) >= 11 is 0. The summed E-state index contributed by atoms with van der Waals surface area (Å²) in [5, 5.41) is 0. The molecule has 8 atom stereocenters. The summed E-state index contributed by atoms with van der Waals surface area (Å²) in [6, 6.07) is 0. The smallest absolute Gasteiger partial charge is 0.302 e. The fourth-order valence-corrected chi connectivity index (χ4v) is 10.3. The largest absolute Gasteiger partial charge is 0.462 e. The predicted molar refractivity (Wildman–Crippen MR) is 158 cm³/mol. The lowest BCUT2D eigenvalue weighted by atomic mass is 9.43. The summed E-state index contributed by atoms with van der Waals surface area (Å²) in [7, 11) is 0. The van der Waals surface area contributed by atoms with Crippen LogP contribution in [0, 0.1) is 45.3 Å². The Morgan fingerprint density at radius 1 is 0.897 bits per heavy atom. The quantitative estimate of drug-likeness (QED) is 0.239. The minimum Gasteiger partial charge on any atom is -0.462 e. The molecule has 0 aromatic rings. The van der Waals surface area contributed by atoms with Gasteiger partial charge in [-0.05, 0) is 91.3 Å². The third-order valence-corrected chi connectivity index (χ3v) is 12.9. The molecule has 2 saturated carbocycles. The van der Waals surface area contributed by atoms with E-state index in [2.05, 4.69) is 62.0 Å². The SMILES string of the molecule is C=C(C[C@H](OC(C)=O)[C@@H](C)[C@H]1CC[C@@]2(C)C3=C(CC[C@]12C)[C@@]1(C)CC[C@H](OC(C)=O)C(C)(C)[C@@H]1CC3)C(C)C. The van der Waals surface area contributed by atoms with Crippen LogP contribution in [0.2, 0.25) is 0 Å². The first kappa shape index (κ1) is 30.4. The topological polar surface area (TPSA) is 52.6 Å². The first-order chi connectivity index (χ1) is 18.0. The molecule has 4 rings (SSSR count). The molecule has 0 saturated heterocycles. The Morgan fingerprint density at radius 2 is 1.56 bits per heavy atom. The first-order valence-corrected chi connectivity index (χ1v) is 15.7. The molecule has 0 radical (unpaired) electrons. The zero-order chi connectivity index (χ0) is 29.1. The molecular weight excluding hydrogens is 484 g/mol. The minimum absolute atomic E-state index is 0.00942. The van der Waals surface area contributed by atoms with E-state index < -0.39 is 0 Å². The maximum atomic E-state index is 12.2. The molecule has 4 aliphatic rings. The standard InChI is InChI=1S/C35H56O4/c1-21(2)22(3)20-29(38-24(5)36)23(4)26-14-18-35(11)28-12-13-30-32(7,8)31(39-25(6)37)16-17-33(30,9)27(28)15-19-34(26,35)10/h21,23,26,29-31H,3,12-20H2,1-2,4-11H3/t23-,26+,29-,30-,31-,33+,34+,35-/m0/s1. The van der Waals surface area contributed by atoms with E-state index in [1.54, 1.807) is 25.0 Å². The van der Waals surface area contributed by atoms with Crippen molar-refractivity contribution >= 4 is 11.9 Å². The highest BCUT2D eigenvalue weighted by atomic mass is 16.5. The number of hydrogen-bond acceptors (Lipinski definition) is 4. The second-order valence-electron chi connectivity index (χ2n) is 15.3. The number of fused-ring (bicyclic) bond motifs is 4. The van der Waals surface area contributed by atoms with Crippen LogP contribution >= 0.6 is 0 Å². The summed E-state index contributed by atoms with van der Waals surface area (Å²) in [5.74, 6) is 1.40. The molecule has 220 valence electrons. The molecule has 0 amide bonds. The highest BCUT2D eigenvalue weighted by Crippen LogP contribution is 2.72. The lowest BCUT2D eigenvalue weighted by Crippen LogP contribution is -2.56. The highest BCUT2D eigenvalue weighted by Gasteiger charge is 2.64. The molecule has 4 nitrogen and oxygen atoms in total. The fourth-order valence-electron chi connectivity index (χ4n) is 10.3. The van der Waals surface area contributed by atoms with Gasteiger partial charge in [0.25, 0.3) is 0 Å². The van der Waals surface area contributed by atoms with Crippen LogP contribution in [0.25, 0.3) is 0 Å². The van der Waals surface area contributed by atoms with Crippen LogP contribution in [0.3, 0.4) is 0 Å². The van der Waals surface area contributed by atoms with Crippen LogP contribution in [0.4, 0.5) is 0 Å². The summed E-state index contributed by atoms with van der Waals surface area (Å²) in [4.78, 5) is 24.0. The Hall–Kier alpha value is -1.58. The number of hydrogen-bond donors (Lipinski definition) is 0. The summed E-state index contributed by atoms with van der Waals surface area (Å²) in [5.41, 5.74) is 5.19. The van der Waals surface area contributed by atoms with Gasteiger partial charge in [-0.2, -0.15) is 0 Å². The van der Waals surface area contributed by atoms with Crippen molar-refractivity contribution in [3.8, 4) is 0 Å². The number of esters is 2. The molecule has 0 bridgehead atoms. The van der Waals surface area contributed by atoms with Gasteiger partial charge in [-0.1, -0.05) is 78.7 Å². The number of carbonyl (C=O) groups is 2. The van der Waals surface area contributed by atoms with Crippen molar-refractivity contribution in [2.24, 2.45) is 45.3 Å². The number of rotatable bonds is 7. The van der Waals surface area contributed by atoms with Gasteiger partial charge in [-0.25, -0.2) is 0 Å². The molecule has 0 aromatic carbocycles. The Labute approximate surface area is 238 Å². The van der Waals surface area contributed by atoms with E-state index in [4.69, 9.17) is 9.47 Å². The summed E-state index contributed by atoms with van der Waals surface area (Å²) in [6.07, 6.45) is 9.84. The lowest BCUT2D eigenvalue weighted by Gasteiger charge is -2.62. The van der Waals surface area contributed by atoms with Crippen molar-refractivity contribution in [2.45, 2.75) is 139 Å². The van der Waals surface area contributed by atoms with Crippen molar-refractivity contribution in [3.05, 3.63) is 23.3 Å². The Kier molecular flexibility index (Phi) is 8.07. The lowest BCUT2D eigenvalue weighted by molar-refractivity contribution is -0.167. The van der Waals surface area contributed by atoms with Gasteiger partial charge in [0.2, 0.25) is 0 Å². The van der Waals surface area contributed by atoms with E-state index in [-0.39, 0.29) is 45.8 Å². The normalized spacial score (nSPS) is 38.8. The molecule has 0 unspecified atom stereocenters. The zero-order valence-electron chi connectivity index (χ0n) is 26.7. The molecule has 0 aromatic heterocycles. The molecule has 0 aliphatic heterocycles. The molecule has 0 heterocycles. The van der Waals surface area contributed by atoms with Crippen LogP contribution in [-0.2, 0) is 19.1 Å². The summed E-state index contributed by atoms with van der Waals surface area (Å²) < 4.78 is 11.9. The minimum atomic E-state index is -0.179. The van der Waals surface area contributed by atoms with E-state index in [1.165, 1.54) is 37.7 Å². The van der Waals surface area contributed by atoms with Gasteiger partial charge in [-0.3, -0.25) is 9.59 Å². The summed E-state index contributed by atoms with van der Waals surface area (Å²) in [6.45, 7) is 26.5. The van der Waals surface area contributed by atoms with Gasteiger partial charge in [-0.15, -0.1) is 0 Å². The Balaban J connectivity index is 1.65. The average molecular weight is 541 g/mol. The molecule has 0 spiro atoms. The van der Waals surface area contributed by atoms with Crippen molar-refractivity contribution < 1.29 is 19.1 Å². The average Bonchev–Trinajstić information content (AvgIpc) is 3.10. The van der Waals surface area contributed by atoms with Crippen molar-refractivity contribution in [1.29, 1.82) is 0 Å². The Bertz CT molecular complexity index is 1040.